The first kappa shape index (κ1) is 14.7. The van der Waals surface area contributed by atoms with Crippen LogP contribution in [0.1, 0.15) is 0 Å². The molecule has 6 nitrogen and oxygen atoms in total. The van der Waals surface area contributed by atoms with Gasteiger partial charge in [0, 0.05) is 26.9 Å². The molecule has 0 aliphatic heterocycles. The first-order chi connectivity index (χ1) is 9.37. The van der Waals surface area contributed by atoms with E-state index in [9.17, 15) is 10.1 Å². The summed E-state index contributed by atoms with van der Waals surface area (Å²) in [7, 11) is -1.10. The number of nitrogens with zero attached hydrogens (tertiary/aromatic N) is 3. The normalized spacial score (nSPS) is 11.9. The molecular weight excluding hydrogens is 274 g/mol. The minimum absolute atomic E-state index is 0.0795. The summed E-state index contributed by atoms with van der Waals surface area (Å²) >= 11 is 0. The number of nitro groups is 1. The molecule has 0 saturated carbocycles. The molecule has 1 aromatic carbocycles. The van der Waals surface area contributed by atoms with E-state index < -0.39 is 8.07 Å². The summed E-state index contributed by atoms with van der Waals surface area (Å²) < 4.78 is 7.20. The fourth-order valence-electron chi connectivity index (χ4n) is 1.84. The average molecular weight is 293 g/mol. The largest absolute Gasteiger partial charge is 0.360 e. The molecule has 0 aliphatic carbocycles. The van der Waals surface area contributed by atoms with E-state index in [0.717, 1.165) is 6.04 Å². The summed E-state index contributed by atoms with van der Waals surface area (Å²) in [5.41, 5.74) is 0.698. The van der Waals surface area contributed by atoms with Crippen LogP contribution in [-0.2, 0) is 11.5 Å². The molecule has 2 rings (SSSR count). The Kier molecular flexibility index (Phi) is 4.19. The van der Waals surface area contributed by atoms with E-state index in [1.165, 1.54) is 6.07 Å². The number of ether oxygens (including phenoxy) is 1. The zero-order valence-corrected chi connectivity index (χ0v) is 13.0. The van der Waals surface area contributed by atoms with Gasteiger partial charge in [0.1, 0.15) is 6.73 Å². The second-order valence-electron chi connectivity index (χ2n) is 5.98. The van der Waals surface area contributed by atoms with E-state index >= 15 is 0 Å². The molecule has 0 aliphatic rings. The van der Waals surface area contributed by atoms with Gasteiger partial charge in [0.05, 0.1) is 15.8 Å². The molecule has 0 N–H and O–H groups in total. The van der Waals surface area contributed by atoms with Crippen molar-refractivity contribution in [2.24, 2.45) is 0 Å². The van der Waals surface area contributed by atoms with E-state index in [-0.39, 0.29) is 10.6 Å². The topological polar surface area (TPSA) is 70.2 Å². The van der Waals surface area contributed by atoms with Crippen LogP contribution in [0.25, 0.3) is 10.9 Å². The molecule has 0 saturated heterocycles. The standard InChI is InChI=1S/C13H19N3O3Si/c1-20(2,3)8-7-19-10-15-9-11-12(14-15)5-4-6-13(11)16(17)18/h4-6,9H,7-8,10H2,1-3H3. The third-order valence-electron chi connectivity index (χ3n) is 2.99. The van der Waals surface area contributed by atoms with Gasteiger partial charge in [-0.2, -0.15) is 5.10 Å². The maximum atomic E-state index is 10.9. The third kappa shape index (κ3) is 3.64. The van der Waals surface area contributed by atoms with Gasteiger partial charge >= 0.3 is 0 Å². The van der Waals surface area contributed by atoms with Crippen LogP contribution in [-0.4, -0.2) is 29.4 Å². The Morgan fingerprint density at radius 2 is 2.15 bits per heavy atom. The summed E-state index contributed by atoms with van der Waals surface area (Å²) in [5.74, 6) is 0. The maximum absolute atomic E-state index is 10.9. The highest BCUT2D eigenvalue weighted by molar-refractivity contribution is 6.76. The second-order valence-corrected chi connectivity index (χ2v) is 11.6. The number of aromatic nitrogens is 2. The predicted octanol–water partition coefficient (Wildman–Crippen LogP) is 3.26. The van der Waals surface area contributed by atoms with E-state index in [1.807, 2.05) is 0 Å². The lowest BCUT2D eigenvalue weighted by atomic mass is 10.2. The molecule has 0 fully saturated rings. The van der Waals surface area contributed by atoms with Gasteiger partial charge in [0.15, 0.2) is 0 Å². The number of nitro benzene ring substituents is 1. The zero-order valence-electron chi connectivity index (χ0n) is 12.0. The molecule has 2 aromatic rings. The van der Waals surface area contributed by atoms with Crippen LogP contribution >= 0.6 is 0 Å². The maximum Gasteiger partial charge on any atom is 0.280 e. The predicted molar refractivity (Wildman–Crippen MR) is 80.5 cm³/mol. The van der Waals surface area contributed by atoms with Gasteiger partial charge in [-0.15, -0.1) is 0 Å². The van der Waals surface area contributed by atoms with Crippen molar-refractivity contribution in [3.63, 3.8) is 0 Å². The minimum Gasteiger partial charge on any atom is -0.360 e. The van der Waals surface area contributed by atoms with E-state index in [4.69, 9.17) is 4.74 Å². The molecule has 0 atom stereocenters. The molecule has 0 unspecified atom stereocenters. The number of hydrogen-bond acceptors (Lipinski definition) is 4. The highest BCUT2D eigenvalue weighted by Gasteiger charge is 2.15. The van der Waals surface area contributed by atoms with Crippen LogP contribution in [0.3, 0.4) is 0 Å². The number of fused-ring (bicyclic) bond motifs is 1. The Morgan fingerprint density at radius 3 is 2.80 bits per heavy atom. The van der Waals surface area contributed by atoms with Crippen molar-refractivity contribution in [2.45, 2.75) is 32.4 Å². The Balaban J connectivity index is 2.05. The fourth-order valence-corrected chi connectivity index (χ4v) is 2.60. The number of hydrogen-bond donors (Lipinski definition) is 0. The van der Waals surface area contributed by atoms with Crippen LogP contribution < -0.4 is 0 Å². The first-order valence-electron chi connectivity index (χ1n) is 6.55. The number of non-ortho nitro benzene ring substituents is 1. The van der Waals surface area contributed by atoms with Crippen molar-refractivity contribution < 1.29 is 9.66 Å². The molecule has 1 aromatic heterocycles. The van der Waals surface area contributed by atoms with Crippen molar-refractivity contribution in [1.82, 2.24) is 9.78 Å². The summed E-state index contributed by atoms with van der Waals surface area (Å²) in [4.78, 5) is 10.5. The van der Waals surface area contributed by atoms with Crippen molar-refractivity contribution in [3.8, 4) is 0 Å². The van der Waals surface area contributed by atoms with Gasteiger partial charge in [-0.3, -0.25) is 10.1 Å². The lowest BCUT2D eigenvalue weighted by Gasteiger charge is -2.15. The van der Waals surface area contributed by atoms with Crippen molar-refractivity contribution in [3.05, 3.63) is 34.5 Å². The highest BCUT2D eigenvalue weighted by Crippen LogP contribution is 2.24. The quantitative estimate of drug-likeness (QED) is 0.355. The van der Waals surface area contributed by atoms with E-state index in [1.54, 1.807) is 23.0 Å². The van der Waals surface area contributed by atoms with Gasteiger partial charge in [0.2, 0.25) is 0 Å². The smallest absolute Gasteiger partial charge is 0.280 e. The lowest BCUT2D eigenvalue weighted by Crippen LogP contribution is -2.22. The Bertz CT molecular complexity index is 619. The van der Waals surface area contributed by atoms with Crippen LogP contribution in [0.15, 0.2) is 24.4 Å². The Morgan fingerprint density at radius 1 is 1.40 bits per heavy atom. The van der Waals surface area contributed by atoms with Gasteiger partial charge in [-0.25, -0.2) is 4.68 Å². The zero-order chi connectivity index (χ0) is 14.8. The van der Waals surface area contributed by atoms with Crippen molar-refractivity contribution >= 4 is 24.7 Å². The van der Waals surface area contributed by atoms with Crippen LogP contribution in [0, 0.1) is 10.1 Å². The second kappa shape index (κ2) is 5.72. The molecule has 0 radical (unpaired) electrons. The molecule has 0 amide bonds. The highest BCUT2D eigenvalue weighted by atomic mass is 28.3. The monoisotopic (exact) mass is 293 g/mol. The molecule has 20 heavy (non-hydrogen) atoms. The van der Waals surface area contributed by atoms with Gasteiger partial charge in [-0.05, 0) is 12.1 Å². The first-order valence-corrected chi connectivity index (χ1v) is 10.3. The van der Waals surface area contributed by atoms with E-state index in [0.29, 0.717) is 24.2 Å². The molecule has 1 heterocycles. The van der Waals surface area contributed by atoms with Crippen LogP contribution in [0.5, 0.6) is 0 Å². The number of benzene rings is 1. The molecule has 108 valence electrons. The summed E-state index contributed by atoms with van der Waals surface area (Å²) in [6, 6.07) is 5.99. The summed E-state index contributed by atoms with van der Waals surface area (Å²) in [6.45, 7) is 7.91. The van der Waals surface area contributed by atoms with Gasteiger partial charge in [0.25, 0.3) is 5.69 Å². The molecule has 0 spiro atoms. The molecule has 7 heteroatoms. The average Bonchev–Trinajstić information content (AvgIpc) is 2.75. The molecular formula is C13H19N3O3Si. The van der Waals surface area contributed by atoms with Crippen molar-refractivity contribution in [1.29, 1.82) is 0 Å². The third-order valence-corrected chi connectivity index (χ3v) is 4.70. The van der Waals surface area contributed by atoms with Crippen molar-refractivity contribution in [2.75, 3.05) is 6.61 Å². The SMILES string of the molecule is C[Si](C)(C)CCOCn1cc2c([N+](=O)[O-])cccc2n1. The summed E-state index contributed by atoms with van der Waals surface area (Å²) in [6.07, 6.45) is 1.67. The number of rotatable bonds is 6. The molecule has 0 bridgehead atoms. The summed E-state index contributed by atoms with van der Waals surface area (Å²) in [5, 5.41) is 15.8. The van der Waals surface area contributed by atoms with E-state index in [2.05, 4.69) is 24.7 Å². The van der Waals surface area contributed by atoms with Gasteiger partial charge < -0.3 is 4.74 Å². The fraction of sp³-hybridized carbons (Fsp3) is 0.462. The van der Waals surface area contributed by atoms with Gasteiger partial charge in [-0.1, -0.05) is 25.7 Å². The lowest BCUT2D eigenvalue weighted by molar-refractivity contribution is -0.383. The minimum atomic E-state index is -1.10. The Hall–Kier alpha value is -1.73. The van der Waals surface area contributed by atoms with Crippen LogP contribution in [0.2, 0.25) is 25.7 Å². The Labute approximate surface area is 118 Å². The van der Waals surface area contributed by atoms with Crippen LogP contribution in [0.4, 0.5) is 5.69 Å².